The highest BCUT2D eigenvalue weighted by Crippen LogP contribution is 2.25. The molecule has 0 aliphatic rings. The highest BCUT2D eigenvalue weighted by atomic mass is 35.5. The number of aryl methyl sites for hydroxylation is 1. The quantitative estimate of drug-likeness (QED) is 0.798. The summed E-state index contributed by atoms with van der Waals surface area (Å²) in [6.07, 6.45) is 3.02. The van der Waals surface area contributed by atoms with Crippen molar-refractivity contribution in [2.75, 3.05) is 5.32 Å². The lowest BCUT2D eigenvalue weighted by Gasteiger charge is -2.03. The van der Waals surface area contributed by atoms with Gasteiger partial charge in [-0.3, -0.25) is 4.79 Å². The van der Waals surface area contributed by atoms with Gasteiger partial charge >= 0.3 is 0 Å². The molecule has 2 aromatic carbocycles. The van der Waals surface area contributed by atoms with Gasteiger partial charge in [0.1, 0.15) is 0 Å². The molecule has 2 rings (SSSR count). The Morgan fingerprint density at radius 3 is 2.25 bits per heavy atom. The molecule has 4 heteroatoms. The summed E-state index contributed by atoms with van der Waals surface area (Å²) >= 11 is 12.0. The van der Waals surface area contributed by atoms with Crippen LogP contribution in [0, 0.1) is 6.92 Å². The van der Waals surface area contributed by atoms with E-state index in [2.05, 4.69) is 5.32 Å². The fraction of sp³-hybridized carbons (Fsp3) is 0.0625. The lowest BCUT2D eigenvalue weighted by Crippen LogP contribution is -2.07. The van der Waals surface area contributed by atoms with Gasteiger partial charge in [-0.25, -0.2) is 0 Å². The Morgan fingerprint density at radius 2 is 1.65 bits per heavy atom. The van der Waals surface area contributed by atoms with Gasteiger partial charge in [-0.05, 0) is 37.3 Å². The van der Waals surface area contributed by atoms with Crippen molar-refractivity contribution >= 4 is 40.9 Å². The normalized spacial score (nSPS) is 10.8. The Balaban J connectivity index is 2.08. The lowest BCUT2D eigenvalue weighted by atomic mass is 10.2. The van der Waals surface area contributed by atoms with Crippen LogP contribution in [-0.2, 0) is 4.79 Å². The molecular weight excluding hydrogens is 293 g/mol. The van der Waals surface area contributed by atoms with Crippen molar-refractivity contribution in [2.45, 2.75) is 6.92 Å². The smallest absolute Gasteiger partial charge is 0.248 e. The van der Waals surface area contributed by atoms with Gasteiger partial charge in [-0.15, -0.1) is 0 Å². The Labute approximate surface area is 128 Å². The van der Waals surface area contributed by atoms with E-state index in [0.29, 0.717) is 15.6 Å². The van der Waals surface area contributed by atoms with Gasteiger partial charge in [0.05, 0.1) is 0 Å². The van der Waals surface area contributed by atoms with Gasteiger partial charge in [0.15, 0.2) is 0 Å². The minimum atomic E-state index is -0.232. The first-order valence-corrected chi connectivity index (χ1v) is 6.81. The maximum Gasteiger partial charge on any atom is 0.248 e. The molecule has 2 aromatic rings. The number of anilines is 1. The minimum absolute atomic E-state index is 0.232. The molecule has 2 nitrogen and oxygen atoms in total. The SMILES string of the molecule is Cc1ccc(NC(=O)/C=C/c2c(Cl)cccc2Cl)cc1. The zero-order valence-electron chi connectivity index (χ0n) is 10.9. The predicted octanol–water partition coefficient (Wildman–Crippen LogP) is 4.95. The molecule has 1 amide bonds. The van der Waals surface area contributed by atoms with Gasteiger partial charge < -0.3 is 5.32 Å². The summed E-state index contributed by atoms with van der Waals surface area (Å²) in [6, 6.07) is 12.8. The van der Waals surface area contributed by atoms with E-state index in [9.17, 15) is 4.79 Å². The summed E-state index contributed by atoms with van der Waals surface area (Å²) < 4.78 is 0. The molecule has 0 saturated heterocycles. The first kappa shape index (κ1) is 14.6. The highest BCUT2D eigenvalue weighted by Gasteiger charge is 2.03. The van der Waals surface area contributed by atoms with Crippen molar-refractivity contribution in [1.82, 2.24) is 0 Å². The van der Waals surface area contributed by atoms with Crippen molar-refractivity contribution in [1.29, 1.82) is 0 Å². The van der Waals surface area contributed by atoms with Gasteiger partial charge in [0.25, 0.3) is 0 Å². The van der Waals surface area contributed by atoms with E-state index in [-0.39, 0.29) is 5.91 Å². The molecule has 0 saturated carbocycles. The van der Waals surface area contributed by atoms with E-state index in [0.717, 1.165) is 11.3 Å². The first-order valence-electron chi connectivity index (χ1n) is 6.06. The monoisotopic (exact) mass is 305 g/mol. The molecule has 0 atom stereocenters. The maximum atomic E-state index is 11.8. The minimum Gasteiger partial charge on any atom is -0.323 e. The predicted molar refractivity (Wildman–Crippen MR) is 85.3 cm³/mol. The van der Waals surface area contributed by atoms with E-state index in [1.165, 1.54) is 6.08 Å². The van der Waals surface area contributed by atoms with E-state index >= 15 is 0 Å². The number of benzene rings is 2. The number of halogens is 2. The summed E-state index contributed by atoms with van der Waals surface area (Å²) in [5.41, 5.74) is 2.52. The second-order valence-corrected chi connectivity index (χ2v) is 5.14. The molecule has 0 fully saturated rings. The third-order valence-corrected chi connectivity index (χ3v) is 3.38. The van der Waals surface area contributed by atoms with Crippen LogP contribution in [0.1, 0.15) is 11.1 Å². The van der Waals surface area contributed by atoms with E-state index in [1.807, 2.05) is 31.2 Å². The maximum absolute atomic E-state index is 11.8. The molecule has 1 N–H and O–H groups in total. The summed E-state index contributed by atoms with van der Waals surface area (Å²) in [7, 11) is 0. The third-order valence-electron chi connectivity index (χ3n) is 2.72. The molecule has 0 aliphatic heterocycles. The number of hydrogen-bond donors (Lipinski definition) is 1. The molecule has 0 spiro atoms. The van der Waals surface area contributed by atoms with Crippen molar-refractivity contribution in [2.24, 2.45) is 0 Å². The van der Waals surface area contributed by atoms with Gasteiger partial charge in [-0.2, -0.15) is 0 Å². The van der Waals surface area contributed by atoms with E-state index in [4.69, 9.17) is 23.2 Å². The van der Waals surface area contributed by atoms with Crippen LogP contribution in [0.15, 0.2) is 48.5 Å². The van der Waals surface area contributed by atoms with Gasteiger partial charge in [-0.1, -0.05) is 47.0 Å². The summed E-state index contributed by atoms with van der Waals surface area (Å²) in [5.74, 6) is -0.232. The van der Waals surface area contributed by atoms with Crippen LogP contribution in [0.4, 0.5) is 5.69 Å². The Morgan fingerprint density at radius 1 is 1.05 bits per heavy atom. The van der Waals surface area contributed by atoms with Crippen LogP contribution in [0.5, 0.6) is 0 Å². The molecule has 102 valence electrons. The Hall–Kier alpha value is -1.77. The van der Waals surface area contributed by atoms with Crippen LogP contribution >= 0.6 is 23.2 Å². The van der Waals surface area contributed by atoms with Crippen LogP contribution in [-0.4, -0.2) is 5.91 Å². The number of amides is 1. The Bertz CT molecular complexity index is 628. The van der Waals surface area contributed by atoms with Gasteiger partial charge in [0, 0.05) is 27.4 Å². The van der Waals surface area contributed by atoms with Crippen molar-refractivity contribution in [3.05, 3.63) is 69.7 Å². The topological polar surface area (TPSA) is 29.1 Å². The average Bonchev–Trinajstić information content (AvgIpc) is 2.41. The average molecular weight is 306 g/mol. The molecular formula is C16H13Cl2NO. The van der Waals surface area contributed by atoms with Crippen molar-refractivity contribution in [3.8, 4) is 0 Å². The van der Waals surface area contributed by atoms with E-state index in [1.54, 1.807) is 24.3 Å². The molecule has 0 aliphatic carbocycles. The first-order chi connectivity index (χ1) is 9.56. The molecule has 0 aromatic heterocycles. The largest absolute Gasteiger partial charge is 0.323 e. The second-order valence-electron chi connectivity index (χ2n) is 4.32. The zero-order valence-corrected chi connectivity index (χ0v) is 12.4. The standard InChI is InChI=1S/C16H13Cl2NO/c1-11-5-7-12(8-6-11)19-16(20)10-9-13-14(17)3-2-4-15(13)18/h2-10H,1H3,(H,19,20)/b10-9+. The van der Waals surface area contributed by atoms with Gasteiger partial charge in [0.2, 0.25) is 5.91 Å². The number of nitrogens with one attached hydrogen (secondary N) is 1. The molecule has 0 bridgehead atoms. The summed E-state index contributed by atoms with van der Waals surface area (Å²) in [5, 5.41) is 3.79. The number of carbonyl (C=O) groups excluding carboxylic acids is 1. The van der Waals surface area contributed by atoms with Crippen LogP contribution in [0.3, 0.4) is 0 Å². The van der Waals surface area contributed by atoms with Crippen LogP contribution in [0.25, 0.3) is 6.08 Å². The third kappa shape index (κ3) is 3.86. The van der Waals surface area contributed by atoms with Crippen LogP contribution in [0.2, 0.25) is 10.0 Å². The van der Waals surface area contributed by atoms with Crippen molar-refractivity contribution in [3.63, 3.8) is 0 Å². The molecule has 20 heavy (non-hydrogen) atoms. The Kier molecular flexibility index (Phi) is 4.83. The molecule has 0 unspecified atom stereocenters. The fourth-order valence-electron chi connectivity index (χ4n) is 1.65. The van der Waals surface area contributed by atoms with Crippen molar-refractivity contribution < 1.29 is 4.79 Å². The number of hydrogen-bond acceptors (Lipinski definition) is 1. The van der Waals surface area contributed by atoms with Crippen LogP contribution < -0.4 is 5.32 Å². The molecule has 0 heterocycles. The second kappa shape index (κ2) is 6.60. The molecule has 0 radical (unpaired) electrons. The highest BCUT2D eigenvalue weighted by molar-refractivity contribution is 6.37. The number of rotatable bonds is 3. The zero-order chi connectivity index (χ0) is 14.5. The fourth-order valence-corrected chi connectivity index (χ4v) is 2.17. The number of carbonyl (C=O) groups is 1. The van der Waals surface area contributed by atoms with E-state index < -0.39 is 0 Å². The summed E-state index contributed by atoms with van der Waals surface area (Å²) in [4.78, 5) is 11.8. The summed E-state index contributed by atoms with van der Waals surface area (Å²) in [6.45, 7) is 1.99. The lowest BCUT2D eigenvalue weighted by molar-refractivity contribution is -0.111.